The average molecular weight is 273 g/mol. The molecular weight excluding hydrogens is 253 g/mol. The predicted molar refractivity (Wildman–Crippen MR) is 80.8 cm³/mol. The van der Waals surface area contributed by atoms with Crippen molar-refractivity contribution in [2.24, 2.45) is 0 Å². The highest BCUT2D eigenvalue weighted by atomic mass is 19.1. The lowest BCUT2D eigenvalue weighted by atomic mass is 10.2. The molecule has 0 aliphatic rings. The Kier molecular flexibility index (Phi) is 4.69. The number of hydrogen-bond donors (Lipinski definition) is 1. The van der Waals surface area contributed by atoms with Gasteiger partial charge in [-0.1, -0.05) is 6.07 Å². The minimum Gasteiger partial charge on any atom is -0.340 e. The predicted octanol–water partition coefficient (Wildman–Crippen LogP) is 3.66. The van der Waals surface area contributed by atoms with Crippen molar-refractivity contribution in [1.82, 2.24) is 10.3 Å². The van der Waals surface area contributed by atoms with Gasteiger partial charge in [0.05, 0.1) is 17.6 Å². The molecule has 0 amide bonds. The Labute approximate surface area is 119 Å². The van der Waals surface area contributed by atoms with E-state index >= 15 is 0 Å². The van der Waals surface area contributed by atoms with Gasteiger partial charge in [0, 0.05) is 18.3 Å². The molecular formula is C16H20FN3. The van der Waals surface area contributed by atoms with Gasteiger partial charge in [-0.05, 0) is 51.2 Å². The number of nitrogens with one attached hydrogen (secondary N) is 1. The number of benzene rings is 1. The molecule has 1 unspecified atom stereocenters. The molecule has 3 nitrogen and oxygen atoms in total. The Hall–Kier alpha value is -1.94. The largest absolute Gasteiger partial charge is 0.340 e. The normalized spacial score (nSPS) is 12.2. The summed E-state index contributed by atoms with van der Waals surface area (Å²) in [4.78, 5) is 6.50. The third kappa shape index (κ3) is 3.14. The van der Waals surface area contributed by atoms with E-state index < -0.39 is 0 Å². The van der Waals surface area contributed by atoms with E-state index in [0.29, 0.717) is 0 Å². The molecule has 0 spiro atoms. The van der Waals surface area contributed by atoms with E-state index in [4.69, 9.17) is 0 Å². The molecule has 20 heavy (non-hydrogen) atoms. The highest BCUT2D eigenvalue weighted by Crippen LogP contribution is 2.25. The summed E-state index contributed by atoms with van der Waals surface area (Å²) in [5.74, 6) is -0.227. The minimum atomic E-state index is -0.227. The first-order valence-corrected chi connectivity index (χ1v) is 6.82. The fourth-order valence-electron chi connectivity index (χ4n) is 2.12. The number of anilines is 2. The Morgan fingerprint density at radius 1 is 1.25 bits per heavy atom. The lowest BCUT2D eigenvalue weighted by Crippen LogP contribution is -2.18. The van der Waals surface area contributed by atoms with Crippen molar-refractivity contribution >= 4 is 11.4 Å². The van der Waals surface area contributed by atoms with Crippen molar-refractivity contribution in [2.75, 3.05) is 18.5 Å². The van der Waals surface area contributed by atoms with E-state index in [-0.39, 0.29) is 11.9 Å². The summed E-state index contributed by atoms with van der Waals surface area (Å²) in [6.07, 6.45) is 1.83. The average Bonchev–Trinajstić information content (AvgIpc) is 2.48. The van der Waals surface area contributed by atoms with Crippen LogP contribution in [-0.2, 0) is 0 Å². The molecule has 2 rings (SSSR count). The molecule has 4 heteroatoms. The van der Waals surface area contributed by atoms with Crippen LogP contribution in [0.25, 0.3) is 0 Å². The second kappa shape index (κ2) is 6.48. The Bertz CT molecular complexity index is 554. The number of nitrogens with zero attached hydrogens (tertiary/aromatic N) is 2. The molecule has 0 bridgehead atoms. The van der Waals surface area contributed by atoms with Crippen LogP contribution < -0.4 is 10.2 Å². The summed E-state index contributed by atoms with van der Waals surface area (Å²) in [5, 5.41) is 3.16. The summed E-state index contributed by atoms with van der Waals surface area (Å²) in [6.45, 7) is 4.85. The van der Waals surface area contributed by atoms with Crippen LogP contribution in [0.3, 0.4) is 0 Å². The summed E-state index contributed by atoms with van der Waals surface area (Å²) < 4.78 is 13.3. The summed E-state index contributed by atoms with van der Waals surface area (Å²) in [6, 6.07) is 10.8. The van der Waals surface area contributed by atoms with E-state index in [1.165, 1.54) is 12.1 Å². The molecule has 1 N–H and O–H groups in total. The van der Waals surface area contributed by atoms with Gasteiger partial charge in [0.2, 0.25) is 0 Å². The number of halogens is 1. The Morgan fingerprint density at radius 2 is 2.05 bits per heavy atom. The van der Waals surface area contributed by atoms with Crippen molar-refractivity contribution in [2.45, 2.75) is 19.9 Å². The highest BCUT2D eigenvalue weighted by Gasteiger charge is 2.10. The molecule has 106 valence electrons. The fraction of sp³-hybridized carbons (Fsp3) is 0.312. The van der Waals surface area contributed by atoms with E-state index in [1.807, 2.05) is 43.3 Å². The first kappa shape index (κ1) is 14.5. The highest BCUT2D eigenvalue weighted by molar-refractivity contribution is 5.62. The molecule has 1 aromatic carbocycles. The van der Waals surface area contributed by atoms with Crippen LogP contribution in [0.5, 0.6) is 0 Å². The second-order valence-electron chi connectivity index (χ2n) is 4.68. The van der Waals surface area contributed by atoms with Crippen LogP contribution in [0.4, 0.5) is 15.8 Å². The molecule has 0 radical (unpaired) electrons. The zero-order chi connectivity index (χ0) is 14.5. The molecule has 0 aliphatic carbocycles. The second-order valence-corrected chi connectivity index (χ2v) is 4.68. The number of hydrogen-bond acceptors (Lipinski definition) is 3. The SMILES string of the molecule is CCN(c1ccc(C(C)NC)nc1)c1cccc(F)c1. The summed E-state index contributed by atoms with van der Waals surface area (Å²) in [7, 11) is 1.91. The third-order valence-corrected chi connectivity index (χ3v) is 3.40. The van der Waals surface area contributed by atoms with Crippen LogP contribution in [-0.4, -0.2) is 18.6 Å². The molecule has 0 fully saturated rings. The van der Waals surface area contributed by atoms with Crippen LogP contribution in [0.2, 0.25) is 0 Å². The number of rotatable bonds is 5. The maximum Gasteiger partial charge on any atom is 0.125 e. The topological polar surface area (TPSA) is 28.2 Å². The monoisotopic (exact) mass is 273 g/mol. The van der Waals surface area contributed by atoms with Crippen molar-refractivity contribution in [3.8, 4) is 0 Å². The van der Waals surface area contributed by atoms with Gasteiger partial charge in [-0.3, -0.25) is 4.98 Å². The smallest absolute Gasteiger partial charge is 0.125 e. The first-order valence-electron chi connectivity index (χ1n) is 6.82. The molecule has 1 atom stereocenters. The molecule has 1 heterocycles. The van der Waals surface area contributed by atoms with Gasteiger partial charge in [-0.2, -0.15) is 0 Å². The van der Waals surface area contributed by atoms with Gasteiger partial charge in [-0.25, -0.2) is 4.39 Å². The Morgan fingerprint density at radius 3 is 2.60 bits per heavy atom. The maximum atomic E-state index is 13.3. The zero-order valence-corrected chi connectivity index (χ0v) is 12.1. The van der Waals surface area contributed by atoms with Gasteiger partial charge in [0.25, 0.3) is 0 Å². The van der Waals surface area contributed by atoms with Crippen molar-refractivity contribution in [3.63, 3.8) is 0 Å². The standard InChI is InChI=1S/C16H20FN3/c1-4-20(14-7-5-6-13(17)10-14)15-8-9-16(19-11-15)12(2)18-3/h5-12,18H,4H2,1-3H3. The molecule has 1 aromatic heterocycles. The number of pyridine rings is 1. The fourth-order valence-corrected chi connectivity index (χ4v) is 2.12. The number of aromatic nitrogens is 1. The Balaban J connectivity index is 2.28. The van der Waals surface area contributed by atoms with E-state index in [9.17, 15) is 4.39 Å². The lowest BCUT2D eigenvalue weighted by molar-refractivity contribution is 0.627. The van der Waals surface area contributed by atoms with Gasteiger partial charge in [-0.15, -0.1) is 0 Å². The van der Waals surface area contributed by atoms with Crippen molar-refractivity contribution < 1.29 is 4.39 Å². The van der Waals surface area contributed by atoms with Crippen molar-refractivity contribution in [1.29, 1.82) is 0 Å². The van der Waals surface area contributed by atoms with Gasteiger partial charge < -0.3 is 10.2 Å². The summed E-state index contributed by atoms with van der Waals surface area (Å²) in [5.41, 5.74) is 2.79. The van der Waals surface area contributed by atoms with Crippen LogP contribution in [0, 0.1) is 5.82 Å². The zero-order valence-electron chi connectivity index (χ0n) is 12.1. The molecule has 0 saturated heterocycles. The van der Waals surface area contributed by atoms with E-state index in [2.05, 4.69) is 17.2 Å². The third-order valence-electron chi connectivity index (χ3n) is 3.40. The first-order chi connectivity index (χ1) is 9.65. The van der Waals surface area contributed by atoms with Gasteiger partial charge in [0.15, 0.2) is 0 Å². The molecule has 0 saturated carbocycles. The van der Waals surface area contributed by atoms with Crippen LogP contribution in [0.1, 0.15) is 25.6 Å². The van der Waals surface area contributed by atoms with Crippen molar-refractivity contribution in [3.05, 3.63) is 54.1 Å². The van der Waals surface area contributed by atoms with Gasteiger partial charge >= 0.3 is 0 Å². The van der Waals surface area contributed by atoms with Crippen LogP contribution >= 0.6 is 0 Å². The summed E-state index contributed by atoms with van der Waals surface area (Å²) >= 11 is 0. The minimum absolute atomic E-state index is 0.216. The quantitative estimate of drug-likeness (QED) is 0.901. The molecule has 2 aromatic rings. The maximum absolute atomic E-state index is 13.3. The van der Waals surface area contributed by atoms with E-state index in [0.717, 1.165) is 23.6 Å². The van der Waals surface area contributed by atoms with Crippen LogP contribution in [0.15, 0.2) is 42.6 Å². The van der Waals surface area contributed by atoms with Gasteiger partial charge in [0.1, 0.15) is 5.82 Å². The molecule has 0 aliphatic heterocycles. The van der Waals surface area contributed by atoms with E-state index in [1.54, 1.807) is 6.07 Å². The lowest BCUT2D eigenvalue weighted by Gasteiger charge is -2.23.